The summed E-state index contributed by atoms with van der Waals surface area (Å²) in [5.74, 6) is 3.00. The number of benzene rings is 1. The predicted molar refractivity (Wildman–Crippen MR) is 101 cm³/mol. The van der Waals surface area contributed by atoms with Crippen LogP contribution in [0, 0.1) is 23.2 Å². The van der Waals surface area contributed by atoms with Crippen molar-refractivity contribution in [2.75, 3.05) is 11.9 Å². The van der Waals surface area contributed by atoms with E-state index in [-0.39, 0.29) is 5.78 Å². The smallest absolute Gasteiger partial charge is 0.170 e. The zero-order valence-corrected chi connectivity index (χ0v) is 15.1. The van der Waals surface area contributed by atoms with Gasteiger partial charge in [-0.1, -0.05) is 0 Å². The van der Waals surface area contributed by atoms with Gasteiger partial charge in [-0.3, -0.25) is 4.79 Å². The van der Waals surface area contributed by atoms with Crippen molar-refractivity contribution in [3.63, 3.8) is 0 Å². The fourth-order valence-corrected chi connectivity index (χ4v) is 5.93. The van der Waals surface area contributed by atoms with Crippen molar-refractivity contribution >= 4 is 28.8 Å². The second-order valence-corrected chi connectivity index (χ2v) is 8.77. The summed E-state index contributed by atoms with van der Waals surface area (Å²) in [5.41, 5.74) is 2.15. The molecule has 4 aliphatic rings. The quantitative estimate of drug-likeness (QED) is 0.629. The first kappa shape index (κ1) is 16.1. The van der Waals surface area contributed by atoms with Crippen molar-refractivity contribution in [1.82, 2.24) is 5.32 Å². The number of thiocarbonyl (C=S) groups is 1. The minimum Gasteiger partial charge on any atom is -0.362 e. The molecule has 0 radical (unpaired) electrons. The molecule has 2 N–H and O–H groups in total. The molecule has 1 aromatic carbocycles. The van der Waals surface area contributed by atoms with Gasteiger partial charge < -0.3 is 10.6 Å². The Bertz CT molecular complexity index is 617. The Morgan fingerprint density at radius 3 is 2.12 bits per heavy atom. The number of carbonyl (C=O) groups excluding carboxylic acids is 1. The Kier molecular flexibility index (Phi) is 4.11. The Hall–Kier alpha value is -1.42. The van der Waals surface area contributed by atoms with E-state index in [4.69, 9.17) is 12.2 Å². The third-order valence-electron chi connectivity index (χ3n) is 6.34. The lowest BCUT2D eigenvalue weighted by atomic mass is 9.49. The Balaban J connectivity index is 1.33. The maximum Gasteiger partial charge on any atom is 0.170 e. The number of carbonyl (C=O) groups is 1. The molecule has 4 aliphatic carbocycles. The maximum atomic E-state index is 11.3. The van der Waals surface area contributed by atoms with E-state index in [1.165, 1.54) is 38.5 Å². The van der Waals surface area contributed by atoms with Crippen LogP contribution in [-0.4, -0.2) is 17.4 Å². The van der Waals surface area contributed by atoms with Crippen molar-refractivity contribution < 1.29 is 4.79 Å². The molecule has 4 bridgehead atoms. The molecule has 0 aliphatic heterocycles. The van der Waals surface area contributed by atoms with E-state index >= 15 is 0 Å². The first-order chi connectivity index (χ1) is 11.5. The van der Waals surface area contributed by atoms with Crippen LogP contribution < -0.4 is 10.6 Å². The summed E-state index contributed by atoms with van der Waals surface area (Å²) in [6.07, 6.45) is 8.60. The Labute approximate surface area is 149 Å². The molecule has 0 aromatic heterocycles. The molecule has 1 aromatic rings. The highest BCUT2D eigenvalue weighted by molar-refractivity contribution is 7.80. The van der Waals surface area contributed by atoms with Gasteiger partial charge in [-0.05, 0) is 105 Å². The van der Waals surface area contributed by atoms with E-state index in [0.717, 1.165) is 35.5 Å². The normalized spacial score (nSPS) is 33.3. The van der Waals surface area contributed by atoms with Crippen molar-refractivity contribution in [3.8, 4) is 0 Å². The summed E-state index contributed by atoms with van der Waals surface area (Å²) < 4.78 is 0. The summed E-state index contributed by atoms with van der Waals surface area (Å²) in [4.78, 5) is 11.3. The topological polar surface area (TPSA) is 41.1 Å². The summed E-state index contributed by atoms with van der Waals surface area (Å²) in [5, 5.41) is 7.42. The predicted octanol–water partition coefficient (Wildman–Crippen LogP) is 4.39. The molecule has 0 saturated heterocycles. The van der Waals surface area contributed by atoms with E-state index in [1.54, 1.807) is 6.92 Å². The second-order valence-electron chi connectivity index (χ2n) is 8.36. The highest BCUT2D eigenvalue weighted by atomic mass is 32.1. The van der Waals surface area contributed by atoms with Gasteiger partial charge in [0.2, 0.25) is 0 Å². The lowest BCUT2D eigenvalue weighted by Crippen LogP contribution is -2.51. The van der Waals surface area contributed by atoms with Crippen LogP contribution in [0.15, 0.2) is 24.3 Å². The highest BCUT2D eigenvalue weighted by Crippen LogP contribution is 2.59. The SMILES string of the molecule is CC(=O)c1ccc(NC(=S)NCC23CC4CC(CC(C4)C2)C3)cc1. The van der Waals surface area contributed by atoms with Gasteiger partial charge in [0.1, 0.15) is 0 Å². The number of nitrogens with one attached hydrogen (secondary N) is 2. The number of anilines is 1. The van der Waals surface area contributed by atoms with E-state index < -0.39 is 0 Å². The Morgan fingerprint density at radius 2 is 1.62 bits per heavy atom. The number of hydrogen-bond donors (Lipinski definition) is 2. The van der Waals surface area contributed by atoms with Gasteiger partial charge in [0.15, 0.2) is 10.9 Å². The zero-order valence-electron chi connectivity index (χ0n) is 14.3. The summed E-state index contributed by atoms with van der Waals surface area (Å²) in [6, 6.07) is 7.50. The highest BCUT2D eigenvalue weighted by Gasteiger charge is 2.50. The minimum atomic E-state index is 0.0871. The number of rotatable bonds is 4. The molecule has 0 atom stereocenters. The molecule has 3 nitrogen and oxygen atoms in total. The summed E-state index contributed by atoms with van der Waals surface area (Å²) in [6.45, 7) is 2.59. The molecule has 0 spiro atoms. The second kappa shape index (κ2) is 6.14. The lowest BCUT2D eigenvalue weighted by molar-refractivity contribution is -0.0490. The molecule has 4 saturated carbocycles. The van der Waals surface area contributed by atoms with Crippen LogP contribution in [0.2, 0.25) is 0 Å². The standard InChI is InChI=1S/C20H26N2OS/c1-13(23)17-2-4-18(5-3-17)22-19(24)21-12-20-9-14-6-15(10-20)8-16(7-14)11-20/h2-5,14-16H,6-12H2,1H3,(H2,21,22,24). The lowest BCUT2D eigenvalue weighted by Gasteiger charge is -2.57. The monoisotopic (exact) mass is 342 g/mol. The van der Waals surface area contributed by atoms with Crippen LogP contribution in [0.25, 0.3) is 0 Å². The van der Waals surface area contributed by atoms with Gasteiger partial charge >= 0.3 is 0 Å². The summed E-state index contributed by atoms with van der Waals surface area (Å²) >= 11 is 5.49. The molecule has 0 heterocycles. The van der Waals surface area contributed by atoms with Crippen LogP contribution >= 0.6 is 12.2 Å². The first-order valence-corrected chi connectivity index (χ1v) is 9.58. The molecule has 128 valence electrons. The maximum absolute atomic E-state index is 11.3. The molecule has 4 heteroatoms. The molecule has 24 heavy (non-hydrogen) atoms. The minimum absolute atomic E-state index is 0.0871. The first-order valence-electron chi connectivity index (χ1n) is 9.17. The van der Waals surface area contributed by atoms with Crippen LogP contribution in [0.3, 0.4) is 0 Å². The zero-order chi connectivity index (χ0) is 16.7. The molecule has 4 fully saturated rings. The number of ketones is 1. The van der Waals surface area contributed by atoms with Crippen LogP contribution in [0.5, 0.6) is 0 Å². The van der Waals surface area contributed by atoms with Gasteiger partial charge in [-0.25, -0.2) is 0 Å². The van der Waals surface area contributed by atoms with E-state index in [9.17, 15) is 4.79 Å². The number of Topliss-reactive ketones (excluding diaryl/α,β-unsaturated/α-hetero) is 1. The fraction of sp³-hybridized carbons (Fsp3) is 0.600. The van der Waals surface area contributed by atoms with E-state index in [0.29, 0.717) is 10.5 Å². The van der Waals surface area contributed by atoms with Gasteiger partial charge in [-0.15, -0.1) is 0 Å². The van der Waals surface area contributed by atoms with Crippen molar-refractivity contribution in [2.24, 2.45) is 23.2 Å². The Morgan fingerprint density at radius 1 is 1.08 bits per heavy atom. The van der Waals surface area contributed by atoms with Gasteiger partial charge in [0.25, 0.3) is 0 Å². The van der Waals surface area contributed by atoms with E-state index in [2.05, 4.69) is 10.6 Å². The molecule has 5 rings (SSSR count). The third-order valence-corrected chi connectivity index (χ3v) is 6.58. The van der Waals surface area contributed by atoms with Crippen molar-refractivity contribution in [1.29, 1.82) is 0 Å². The van der Waals surface area contributed by atoms with Crippen molar-refractivity contribution in [2.45, 2.75) is 45.4 Å². The van der Waals surface area contributed by atoms with Gasteiger partial charge in [-0.2, -0.15) is 0 Å². The molecular weight excluding hydrogens is 316 g/mol. The summed E-state index contributed by atoms with van der Waals surface area (Å²) in [7, 11) is 0. The number of hydrogen-bond acceptors (Lipinski definition) is 2. The third kappa shape index (κ3) is 3.21. The van der Waals surface area contributed by atoms with Crippen molar-refractivity contribution in [3.05, 3.63) is 29.8 Å². The average Bonchev–Trinajstić information content (AvgIpc) is 2.52. The molecule has 0 amide bonds. The van der Waals surface area contributed by atoms with Gasteiger partial charge in [0, 0.05) is 17.8 Å². The average molecular weight is 343 g/mol. The van der Waals surface area contributed by atoms with Crippen LogP contribution in [-0.2, 0) is 0 Å². The van der Waals surface area contributed by atoms with E-state index in [1.807, 2.05) is 24.3 Å². The molecule has 0 unspecified atom stereocenters. The molecular formula is C20H26N2OS. The van der Waals surface area contributed by atoms with Crippen LogP contribution in [0.1, 0.15) is 55.8 Å². The van der Waals surface area contributed by atoms with Gasteiger partial charge in [0.05, 0.1) is 0 Å². The fourth-order valence-electron chi connectivity index (χ4n) is 5.74. The van der Waals surface area contributed by atoms with Crippen LogP contribution in [0.4, 0.5) is 5.69 Å². The largest absolute Gasteiger partial charge is 0.362 e.